The summed E-state index contributed by atoms with van der Waals surface area (Å²) in [5, 5.41) is 9.85. The standard InChI is InChI=1S/C13H18N4O3/c1-18-10-5-12(20-3)11(19-2)4-9(10)6-14-7-13-15-8-16-17-13/h4-5,8,14H,6-7H2,1-3H3,(H,15,16,17). The van der Waals surface area contributed by atoms with Crippen molar-refractivity contribution in [2.75, 3.05) is 21.3 Å². The lowest BCUT2D eigenvalue weighted by molar-refractivity contribution is 0.347. The summed E-state index contributed by atoms with van der Waals surface area (Å²) in [5.74, 6) is 2.84. The molecule has 1 heterocycles. The van der Waals surface area contributed by atoms with Crippen LogP contribution in [-0.2, 0) is 13.1 Å². The Bertz CT molecular complexity index is 543. The Kier molecular flexibility index (Phi) is 4.78. The highest BCUT2D eigenvalue weighted by molar-refractivity contribution is 5.50. The summed E-state index contributed by atoms with van der Waals surface area (Å²) >= 11 is 0. The lowest BCUT2D eigenvalue weighted by atomic mass is 10.1. The zero-order valence-electron chi connectivity index (χ0n) is 11.8. The van der Waals surface area contributed by atoms with Gasteiger partial charge in [0, 0.05) is 18.2 Å². The second-order valence-corrected chi connectivity index (χ2v) is 4.05. The molecule has 2 rings (SSSR count). The lowest BCUT2D eigenvalue weighted by Gasteiger charge is -2.14. The summed E-state index contributed by atoms with van der Waals surface area (Å²) in [7, 11) is 4.83. The van der Waals surface area contributed by atoms with Gasteiger partial charge in [0.05, 0.1) is 27.9 Å². The van der Waals surface area contributed by atoms with Gasteiger partial charge in [-0.2, -0.15) is 5.10 Å². The van der Waals surface area contributed by atoms with Crippen LogP contribution >= 0.6 is 0 Å². The van der Waals surface area contributed by atoms with Crippen LogP contribution in [0.15, 0.2) is 18.5 Å². The molecule has 0 fully saturated rings. The van der Waals surface area contributed by atoms with E-state index in [0.29, 0.717) is 24.6 Å². The van der Waals surface area contributed by atoms with Crippen molar-refractivity contribution in [1.29, 1.82) is 0 Å². The molecule has 1 aromatic heterocycles. The molecule has 0 spiro atoms. The number of aromatic amines is 1. The largest absolute Gasteiger partial charge is 0.496 e. The Balaban J connectivity index is 2.09. The van der Waals surface area contributed by atoms with Crippen molar-refractivity contribution in [2.24, 2.45) is 0 Å². The number of hydrogen-bond acceptors (Lipinski definition) is 6. The third-order valence-corrected chi connectivity index (χ3v) is 2.86. The highest BCUT2D eigenvalue weighted by atomic mass is 16.5. The third kappa shape index (κ3) is 3.18. The first-order valence-electron chi connectivity index (χ1n) is 6.12. The number of ether oxygens (including phenoxy) is 3. The van der Waals surface area contributed by atoms with Crippen LogP contribution in [0.3, 0.4) is 0 Å². The molecule has 2 aromatic rings. The Hall–Kier alpha value is -2.28. The van der Waals surface area contributed by atoms with Crippen molar-refractivity contribution in [3.63, 3.8) is 0 Å². The van der Waals surface area contributed by atoms with Crippen molar-refractivity contribution in [3.8, 4) is 17.2 Å². The molecule has 0 saturated carbocycles. The van der Waals surface area contributed by atoms with Crippen LogP contribution in [0.25, 0.3) is 0 Å². The summed E-state index contributed by atoms with van der Waals surface area (Å²) in [6.45, 7) is 1.21. The van der Waals surface area contributed by atoms with Crippen LogP contribution in [0.5, 0.6) is 17.2 Å². The van der Waals surface area contributed by atoms with E-state index in [9.17, 15) is 0 Å². The normalized spacial score (nSPS) is 10.3. The van der Waals surface area contributed by atoms with Crippen molar-refractivity contribution in [3.05, 3.63) is 29.8 Å². The first-order chi connectivity index (χ1) is 9.78. The van der Waals surface area contributed by atoms with Gasteiger partial charge in [-0.05, 0) is 6.07 Å². The van der Waals surface area contributed by atoms with Crippen LogP contribution in [0.2, 0.25) is 0 Å². The van der Waals surface area contributed by atoms with E-state index in [1.54, 1.807) is 21.3 Å². The quantitative estimate of drug-likeness (QED) is 0.790. The molecule has 0 saturated heterocycles. The fourth-order valence-electron chi connectivity index (χ4n) is 1.86. The van der Waals surface area contributed by atoms with Gasteiger partial charge in [-0.15, -0.1) is 0 Å². The van der Waals surface area contributed by atoms with E-state index in [4.69, 9.17) is 14.2 Å². The number of nitrogens with zero attached hydrogens (tertiary/aromatic N) is 2. The van der Waals surface area contributed by atoms with Gasteiger partial charge < -0.3 is 19.5 Å². The lowest BCUT2D eigenvalue weighted by Crippen LogP contribution is -2.14. The van der Waals surface area contributed by atoms with Gasteiger partial charge in [0.15, 0.2) is 11.5 Å². The van der Waals surface area contributed by atoms with E-state index in [0.717, 1.165) is 17.1 Å². The van der Waals surface area contributed by atoms with Gasteiger partial charge in [-0.3, -0.25) is 5.10 Å². The predicted molar refractivity (Wildman–Crippen MR) is 73.0 cm³/mol. The summed E-state index contributed by atoms with van der Waals surface area (Å²) in [4.78, 5) is 4.05. The minimum absolute atomic E-state index is 0.595. The molecule has 108 valence electrons. The average Bonchev–Trinajstić information content (AvgIpc) is 2.99. The van der Waals surface area contributed by atoms with Crippen molar-refractivity contribution in [2.45, 2.75) is 13.1 Å². The Morgan fingerprint density at radius 3 is 2.30 bits per heavy atom. The van der Waals surface area contributed by atoms with Crippen molar-refractivity contribution < 1.29 is 14.2 Å². The zero-order valence-corrected chi connectivity index (χ0v) is 11.8. The highest BCUT2D eigenvalue weighted by Crippen LogP contribution is 2.34. The number of rotatable bonds is 7. The first kappa shape index (κ1) is 14.1. The second kappa shape index (κ2) is 6.76. The molecule has 0 aliphatic carbocycles. The van der Waals surface area contributed by atoms with Crippen LogP contribution in [0, 0.1) is 0 Å². The van der Waals surface area contributed by atoms with E-state index < -0.39 is 0 Å². The molecule has 0 amide bonds. The van der Waals surface area contributed by atoms with Crippen LogP contribution in [0.4, 0.5) is 0 Å². The Labute approximate surface area is 117 Å². The number of hydrogen-bond donors (Lipinski definition) is 2. The topological polar surface area (TPSA) is 81.3 Å². The Morgan fingerprint density at radius 2 is 1.70 bits per heavy atom. The fourth-order valence-corrected chi connectivity index (χ4v) is 1.86. The predicted octanol–water partition coefficient (Wildman–Crippen LogP) is 1.12. The number of benzene rings is 1. The van der Waals surface area contributed by atoms with Gasteiger partial charge in [-0.1, -0.05) is 0 Å². The maximum Gasteiger partial charge on any atom is 0.164 e. The molecule has 0 bridgehead atoms. The van der Waals surface area contributed by atoms with Gasteiger partial charge in [0.25, 0.3) is 0 Å². The molecule has 0 aliphatic heterocycles. The van der Waals surface area contributed by atoms with E-state index in [1.165, 1.54) is 6.33 Å². The molecular weight excluding hydrogens is 260 g/mol. The molecule has 1 aromatic carbocycles. The first-order valence-corrected chi connectivity index (χ1v) is 6.12. The zero-order chi connectivity index (χ0) is 14.4. The van der Waals surface area contributed by atoms with Gasteiger partial charge in [0.2, 0.25) is 0 Å². The molecule has 0 radical (unpaired) electrons. The van der Waals surface area contributed by atoms with Crippen LogP contribution in [0.1, 0.15) is 11.4 Å². The number of H-pyrrole nitrogens is 1. The molecule has 7 heteroatoms. The van der Waals surface area contributed by atoms with E-state index in [-0.39, 0.29) is 0 Å². The van der Waals surface area contributed by atoms with Gasteiger partial charge in [-0.25, -0.2) is 4.98 Å². The highest BCUT2D eigenvalue weighted by Gasteiger charge is 2.11. The number of methoxy groups -OCH3 is 3. The number of nitrogens with one attached hydrogen (secondary N) is 2. The van der Waals surface area contributed by atoms with E-state index in [2.05, 4.69) is 20.5 Å². The number of aromatic nitrogens is 3. The van der Waals surface area contributed by atoms with Crippen LogP contribution in [-0.4, -0.2) is 36.5 Å². The minimum atomic E-state index is 0.595. The molecule has 20 heavy (non-hydrogen) atoms. The maximum atomic E-state index is 5.36. The third-order valence-electron chi connectivity index (χ3n) is 2.86. The van der Waals surface area contributed by atoms with Crippen molar-refractivity contribution in [1.82, 2.24) is 20.5 Å². The molecule has 7 nitrogen and oxygen atoms in total. The summed E-state index contributed by atoms with van der Waals surface area (Å²) in [6.07, 6.45) is 1.48. The fraction of sp³-hybridized carbons (Fsp3) is 0.385. The van der Waals surface area contributed by atoms with Gasteiger partial charge in [0.1, 0.15) is 17.9 Å². The van der Waals surface area contributed by atoms with Crippen molar-refractivity contribution >= 4 is 0 Å². The molecule has 0 atom stereocenters. The van der Waals surface area contributed by atoms with E-state index in [1.807, 2.05) is 12.1 Å². The molecular formula is C13H18N4O3. The monoisotopic (exact) mass is 278 g/mol. The minimum Gasteiger partial charge on any atom is -0.496 e. The summed E-state index contributed by atoms with van der Waals surface area (Å²) in [6, 6.07) is 3.70. The van der Waals surface area contributed by atoms with Crippen LogP contribution < -0.4 is 19.5 Å². The maximum absolute atomic E-state index is 5.36. The second-order valence-electron chi connectivity index (χ2n) is 4.05. The average molecular weight is 278 g/mol. The SMILES string of the molecule is COc1cc(OC)c(OC)cc1CNCc1ncn[nH]1. The molecule has 0 aliphatic rings. The molecule has 2 N–H and O–H groups in total. The summed E-state index contributed by atoms with van der Waals surface area (Å²) in [5.41, 5.74) is 0.977. The summed E-state index contributed by atoms with van der Waals surface area (Å²) < 4.78 is 15.9. The Morgan fingerprint density at radius 1 is 1.00 bits per heavy atom. The smallest absolute Gasteiger partial charge is 0.164 e. The van der Waals surface area contributed by atoms with E-state index >= 15 is 0 Å². The van der Waals surface area contributed by atoms with Gasteiger partial charge >= 0.3 is 0 Å². The molecule has 0 unspecified atom stereocenters.